The average molecular weight is 345 g/mol. The predicted octanol–water partition coefficient (Wildman–Crippen LogP) is 3.88. The third-order valence-corrected chi connectivity index (χ3v) is 15.5. The minimum absolute atomic E-state index is 0.199. The van der Waals surface area contributed by atoms with E-state index in [4.69, 9.17) is 0 Å². The molecule has 108 valence electrons. The average Bonchev–Trinajstić information content (AvgIpc) is 2.77. The fourth-order valence-electron chi connectivity index (χ4n) is 3.38. The first kappa shape index (κ1) is 14.5. The van der Waals surface area contributed by atoms with E-state index in [9.17, 15) is 8.78 Å². The Hall–Kier alpha value is -1.42. The van der Waals surface area contributed by atoms with Crippen molar-refractivity contribution >= 4 is 22.1 Å². The van der Waals surface area contributed by atoms with Gasteiger partial charge in [0.1, 0.15) is 0 Å². The summed E-state index contributed by atoms with van der Waals surface area (Å²) in [7, 11) is 0. The summed E-state index contributed by atoms with van der Waals surface area (Å²) in [6.45, 7) is 4.38. The molecule has 1 aliphatic rings. The zero-order chi connectivity index (χ0) is 15.0. The molecule has 1 aliphatic heterocycles. The van der Waals surface area contributed by atoms with E-state index in [0.29, 0.717) is 0 Å². The fourth-order valence-corrected chi connectivity index (χ4v) is 14.5. The molecule has 2 aromatic rings. The van der Waals surface area contributed by atoms with Crippen LogP contribution in [0.15, 0.2) is 59.7 Å². The van der Waals surface area contributed by atoms with Crippen LogP contribution in [0.4, 0.5) is 8.78 Å². The Morgan fingerprint density at radius 2 is 1.00 bits per heavy atom. The molecule has 0 atom stereocenters. The first-order valence-electron chi connectivity index (χ1n) is 7.18. The van der Waals surface area contributed by atoms with Gasteiger partial charge in [0, 0.05) is 0 Å². The molecule has 0 aliphatic carbocycles. The van der Waals surface area contributed by atoms with Crippen molar-refractivity contribution in [2.24, 2.45) is 0 Å². The molecule has 0 unspecified atom stereocenters. The topological polar surface area (TPSA) is 0 Å². The Morgan fingerprint density at radius 3 is 1.33 bits per heavy atom. The molecule has 3 heteroatoms. The molecule has 1 heterocycles. The van der Waals surface area contributed by atoms with Gasteiger partial charge in [-0.25, -0.2) is 0 Å². The number of hydrogen-bond donors (Lipinski definition) is 0. The summed E-state index contributed by atoms with van der Waals surface area (Å²) in [6.07, 6.45) is 0. The van der Waals surface area contributed by atoms with Crippen LogP contribution < -0.4 is 8.79 Å². The van der Waals surface area contributed by atoms with Crippen LogP contribution >= 0.6 is 0 Å². The van der Waals surface area contributed by atoms with Crippen LogP contribution in [-0.4, -0.2) is 13.3 Å². The minimum atomic E-state index is -2.58. The van der Waals surface area contributed by atoms with E-state index in [-0.39, 0.29) is 11.6 Å². The second-order valence-corrected chi connectivity index (χ2v) is 14.5. The summed E-state index contributed by atoms with van der Waals surface area (Å²) in [5.74, 6) is -0.399. The first-order valence-corrected chi connectivity index (χ1v) is 12.3. The van der Waals surface area contributed by atoms with Gasteiger partial charge in [-0.1, -0.05) is 0 Å². The van der Waals surface area contributed by atoms with Crippen LogP contribution in [0.2, 0.25) is 10.5 Å². The molecule has 0 amide bonds. The van der Waals surface area contributed by atoms with Crippen LogP contribution in [0.1, 0.15) is 13.8 Å². The van der Waals surface area contributed by atoms with E-state index >= 15 is 0 Å². The van der Waals surface area contributed by atoms with Crippen molar-refractivity contribution in [3.05, 3.63) is 71.3 Å². The van der Waals surface area contributed by atoms with Gasteiger partial charge in [-0.05, 0) is 0 Å². The maximum absolute atomic E-state index is 13.3. The van der Waals surface area contributed by atoms with Crippen molar-refractivity contribution in [2.75, 3.05) is 0 Å². The summed E-state index contributed by atoms with van der Waals surface area (Å²) in [5.41, 5.74) is 2.90. The zero-order valence-corrected chi connectivity index (χ0v) is 14.4. The summed E-state index contributed by atoms with van der Waals surface area (Å²) in [4.78, 5) is 0. The molecular weight excluding hydrogens is 327 g/mol. The van der Waals surface area contributed by atoms with Gasteiger partial charge >= 0.3 is 127 Å². The van der Waals surface area contributed by atoms with Crippen molar-refractivity contribution in [1.29, 1.82) is 0 Å². The van der Waals surface area contributed by atoms with Crippen LogP contribution in [0, 0.1) is 11.6 Å². The number of halogens is 2. The fraction of sp³-hybridized carbons (Fsp3) is 0.222. The maximum atomic E-state index is 13.3. The Kier molecular flexibility index (Phi) is 3.74. The summed E-state index contributed by atoms with van der Waals surface area (Å²) < 4.78 is 29.1. The molecule has 0 bridgehead atoms. The van der Waals surface area contributed by atoms with Crippen molar-refractivity contribution in [3.63, 3.8) is 0 Å². The van der Waals surface area contributed by atoms with Gasteiger partial charge < -0.3 is 0 Å². The standard InChI is InChI=1S/C18H18F2Ge/c1-13-11-21(12-14(13)2,17-7-3-15(19)4-8-17)18-9-5-16(20)6-10-18/h3-10H,11-12H2,1-2H3. The summed E-state index contributed by atoms with van der Waals surface area (Å²) in [6, 6.07) is 13.9. The van der Waals surface area contributed by atoms with E-state index in [1.807, 2.05) is 24.3 Å². The Morgan fingerprint density at radius 1 is 0.667 bits per heavy atom. The van der Waals surface area contributed by atoms with Gasteiger partial charge in [-0.15, -0.1) is 0 Å². The molecule has 3 rings (SSSR count). The number of rotatable bonds is 2. The molecule has 0 spiro atoms. The molecule has 0 fully saturated rings. The van der Waals surface area contributed by atoms with Gasteiger partial charge in [-0.3, -0.25) is 0 Å². The molecule has 0 saturated carbocycles. The second-order valence-electron chi connectivity index (χ2n) is 6.01. The van der Waals surface area contributed by atoms with Crippen LogP contribution in [-0.2, 0) is 0 Å². The van der Waals surface area contributed by atoms with E-state index in [2.05, 4.69) is 13.8 Å². The Labute approximate surface area is 126 Å². The molecule has 21 heavy (non-hydrogen) atoms. The molecule has 0 N–H and O–H groups in total. The second kappa shape index (κ2) is 5.41. The van der Waals surface area contributed by atoms with Crippen LogP contribution in [0.25, 0.3) is 0 Å². The van der Waals surface area contributed by atoms with Gasteiger partial charge in [-0.2, -0.15) is 0 Å². The molecule has 0 saturated heterocycles. The normalized spacial score (nSPS) is 17.3. The van der Waals surface area contributed by atoms with Crippen LogP contribution in [0.5, 0.6) is 0 Å². The van der Waals surface area contributed by atoms with Crippen molar-refractivity contribution in [1.82, 2.24) is 0 Å². The SMILES string of the molecule is CC1=C(C)[CH2][Ge]([c]2ccc(F)cc2)([c]2ccc(F)cc2)[CH2]1. The number of hydrogen-bond acceptors (Lipinski definition) is 0. The molecular formula is C18H18F2Ge. The molecule has 2 aromatic carbocycles. The van der Waals surface area contributed by atoms with Crippen molar-refractivity contribution in [3.8, 4) is 0 Å². The Balaban J connectivity index is 2.13. The van der Waals surface area contributed by atoms with E-state index in [1.165, 1.54) is 19.9 Å². The predicted molar refractivity (Wildman–Crippen MR) is 85.8 cm³/mol. The first-order chi connectivity index (χ1) is 10.0. The number of allylic oxidation sites excluding steroid dienone is 2. The van der Waals surface area contributed by atoms with Gasteiger partial charge in [0.05, 0.1) is 0 Å². The van der Waals surface area contributed by atoms with Gasteiger partial charge in [0.15, 0.2) is 0 Å². The molecule has 0 aromatic heterocycles. The zero-order valence-electron chi connectivity index (χ0n) is 12.3. The van der Waals surface area contributed by atoms with Crippen molar-refractivity contribution in [2.45, 2.75) is 24.4 Å². The van der Waals surface area contributed by atoms with Gasteiger partial charge in [0.2, 0.25) is 0 Å². The van der Waals surface area contributed by atoms with Gasteiger partial charge in [0.25, 0.3) is 0 Å². The molecule has 0 nitrogen and oxygen atoms in total. The van der Waals surface area contributed by atoms with E-state index in [1.54, 1.807) is 24.3 Å². The Bertz CT molecular complexity index is 623. The molecule has 0 radical (unpaired) electrons. The van der Waals surface area contributed by atoms with E-state index < -0.39 is 13.3 Å². The summed E-state index contributed by atoms with van der Waals surface area (Å²) in [5, 5.41) is 2.17. The quantitative estimate of drug-likeness (QED) is 0.573. The van der Waals surface area contributed by atoms with Crippen molar-refractivity contribution < 1.29 is 8.78 Å². The monoisotopic (exact) mass is 346 g/mol. The third-order valence-electron chi connectivity index (χ3n) is 4.66. The summed E-state index contributed by atoms with van der Waals surface area (Å²) >= 11 is -2.58. The number of benzene rings is 2. The van der Waals surface area contributed by atoms with Crippen LogP contribution in [0.3, 0.4) is 0 Å². The third kappa shape index (κ3) is 2.57. The van der Waals surface area contributed by atoms with E-state index in [0.717, 1.165) is 10.5 Å².